The van der Waals surface area contributed by atoms with Crippen LogP contribution in [0.15, 0.2) is 24.3 Å². The summed E-state index contributed by atoms with van der Waals surface area (Å²) in [4.78, 5) is 15.2. The Morgan fingerprint density at radius 1 is 1.29 bits per heavy atom. The number of halogens is 1. The summed E-state index contributed by atoms with van der Waals surface area (Å²) >= 11 is 0. The molecular formula is C12H16FN3O. The largest absolute Gasteiger partial charge is 0.368 e. The van der Waals surface area contributed by atoms with E-state index in [1.807, 2.05) is 6.07 Å². The number of piperazine rings is 1. The molecule has 1 fully saturated rings. The number of carbonyl (C=O) groups excluding carboxylic acids is 1. The Kier molecular flexibility index (Phi) is 3.58. The van der Waals surface area contributed by atoms with E-state index in [0.29, 0.717) is 13.1 Å². The minimum atomic E-state index is -0.233. The normalized spacial score (nSPS) is 16.1. The number of carbonyl (C=O) groups is 1. The molecule has 0 aromatic heterocycles. The zero-order valence-electron chi connectivity index (χ0n) is 9.60. The Labute approximate surface area is 99.8 Å². The Hall–Kier alpha value is -1.62. The summed E-state index contributed by atoms with van der Waals surface area (Å²) < 4.78 is 13.1. The van der Waals surface area contributed by atoms with Crippen molar-refractivity contribution in [2.75, 3.05) is 37.6 Å². The Balaban J connectivity index is 1.97. The number of anilines is 1. The van der Waals surface area contributed by atoms with Gasteiger partial charge in [0.05, 0.1) is 6.54 Å². The maximum Gasteiger partial charge on any atom is 0.236 e. The predicted molar refractivity (Wildman–Crippen MR) is 64.2 cm³/mol. The van der Waals surface area contributed by atoms with Gasteiger partial charge in [-0.3, -0.25) is 4.79 Å². The molecule has 0 unspecified atom stereocenters. The van der Waals surface area contributed by atoms with Crippen LogP contribution in [-0.2, 0) is 4.79 Å². The predicted octanol–water partition coefficient (Wildman–Crippen LogP) is 0.433. The molecule has 0 bridgehead atoms. The van der Waals surface area contributed by atoms with Crippen LogP contribution in [0.5, 0.6) is 0 Å². The second-order valence-corrected chi connectivity index (χ2v) is 4.05. The Morgan fingerprint density at radius 2 is 2.00 bits per heavy atom. The van der Waals surface area contributed by atoms with E-state index in [2.05, 4.69) is 4.90 Å². The van der Waals surface area contributed by atoms with Gasteiger partial charge in [-0.15, -0.1) is 0 Å². The number of nitrogens with two attached hydrogens (primary N) is 1. The molecule has 1 aliphatic rings. The lowest BCUT2D eigenvalue weighted by molar-refractivity contribution is -0.129. The smallest absolute Gasteiger partial charge is 0.236 e. The van der Waals surface area contributed by atoms with Crippen molar-refractivity contribution in [1.29, 1.82) is 0 Å². The van der Waals surface area contributed by atoms with Crippen LogP contribution in [-0.4, -0.2) is 43.5 Å². The lowest BCUT2D eigenvalue weighted by atomic mass is 10.2. The average molecular weight is 237 g/mol. The van der Waals surface area contributed by atoms with Crippen LogP contribution in [0.1, 0.15) is 0 Å². The number of hydrogen-bond donors (Lipinski definition) is 1. The van der Waals surface area contributed by atoms with Gasteiger partial charge in [0.15, 0.2) is 0 Å². The number of amides is 1. The molecule has 1 aromatic rings. The van der Waals surface area contributed by atoms with Crippen molar-refractivity contribution in [3.8, 4) is 0 Å². The molecule has 4 nitrogen and oxygen atoms in total. The molecule has 0 atom stereocenters. The van der Waals surface area contributed by atoms with E-state index in [1.165, 1.54) is 12.1 Å². The summed E-state index contributed by atoms with van der Waals surface area (Å²) in [7, 11) is 0. The summed E-state index contributed by atoms with van der Waals surface area (Å²) in [5, 5.41) is 0. The molecule has 0 radical (unpaired) electrons. The molecule has 0 aliphatic carbocycles. The number of hydrogen-bond acceptors (Lipinski definition) is 3. The van der Waals surface area contributed by atoms with Gasteiger partial charge in [-0.2, -0.15) is 0 Å². The molecule has 1 aromatic carbocycles. The maximum atomic E-state index is 13.1. The standard InChI is InChI=1S/C12H16FN3O/c13-10-2-1-3-11(8-10)15-4-6-16(7-5-15)12(17)9-14/h1-3,8H,4-7,9,14H2. The molecule has 0 spiro atoms. The van der Waals surface area contributed by atoms with Gasteiger partial charge in [0.2, 0.25) is 5.91 Å². The molecular weight excluding hydrogens is 221 g/mol. The van der Waals surface area contributed by atoms with E-state index in [1.54, 1.807) is 11.0 Å². The minimum Gasteiger partial charge on any atom is -0.368 e. The summed E-state index contributed by atoms with van der Waals surface area (Å²) in [6, 6.07) is 6.52. The zero-order chi connectivity index (χ0) is 12.3. The maximum absolute atomic E-state index is 13.1. The van der Waals surface area contributed by atoms with Gasteiger partial charge >= 0.3 is 0 Å². The first-order valence-corrected chi connectivity index (χ1v) is 5.69. The summed E-state index contributed by atoms with van der Waals surface area (Å²) in [5.74, 6) is -0.258. The second kappa shape index (κ2) is 5.14. The molecule has 1 aliphatic heterocycles. The van der Waals surface area contributed by atoms with Crippen molar-refractivity contribution in [2.24, 2.45) is 5.73 Å². The van der Waals surface area contributed by atoms with Crippen LogP contribution in [0.25, 0.3) is 0 Å². The molecule has 1 saturated heterocycles. The van der Waals surface area contributed by atoms with Crippen LogP contribution >= 0.6 is 0 Å². The second-order valence-electron chi connectivity index (χ2n) is 4.05. The zero-order valence-corrected chi connectivity index (χ0v) is 9.60. The van der Waals surface area contributed by atoms with E-state index in [-0.39, 0.29) is 18.3 Å². The fourth-order valence-corrected chi connectivity index (χ4v) is 2.02. The molecule has 5 heteroatoms. The summed E-state index contributed by atoms with van der Waals surface area (Å²) in [5.41, 5.74) is 6.18. The van der Waals surface area contributed by atoms with E-state index < -0.39 is 0 Å². The SMILES string of the molecule is NCC(=O)N1CCN(c2cccc(F)c2)CC1. The highest BCUT2D eigenvalue weighted by molar-refractivity contribution is 5.78. The van der Waals surface area contributed by atoms with Crippen molar-refractivity contribution in [1.82, 2.24) is 4.90 Å². The summed E-state index contributed by atoms with van der Waals surface area (Å²) in [6.45, 7) is 2.78. The fourth-order valence-electron chi connectivity index (χ4n) is 2.02. The first kappa shape index (κ1) is 11.9. The van der Waals surface area contributed by atoms with Crippen molar-refractivity contribution in [2.45, 2.75) is 0 Å². The minimum absolute atomic E-state index is 0.0242. The topological polar surface area (TPSA) is 49.6 Å². The van der Waals surface area contributed by atoms with E-state index in [4.69, 9.17) is 5.73 Å². The summed E-state index contributed by atoms with van der Waals surface area (Å²) in [6.07, 6.45) is 0. The first-order chi connectivity index (χ1) is 8.20. The third kappa shape index (κ3) is 2.74. The van der Waals surface area contributed by atoms with Gasteiger partial charge in [-0.05, 0) is 18.2 Å². The molecule has 2 N–H and O–H groups in total. The number of benzene rings is 1. The molecule has 2 rings (SSSR count). The lowest BCUT2D eigenvalue weighted by Gasteiger charge is -2.36. The number of rotatable bonds is 2. The van der Waals surface area contributed by atoms with Crippen molar-refractivity contribution in [3.05, 3.63) is 30.1 Å². The number of nitrogens with zero attached hydrogens (tertiary/aromatic N) is 2. The van der Waals surface area contributed by atoms with Gasteiger partial charge in [0.1, 0.15) is 5.82 Å². The molecule has 1 heterocycles. The van der Waals surface area contributed by atoms with Gasteiger partial charge in [0.25, 0.3) is 0 Å². The monoisotopic (exact) mass is 237 g/mol. The van der Waals surface area contributed by atoms with E-state index in [0.717, 1.165) is 18.8 Å². The molecule has 92 valence electrons. The van der Waals surface area contributed by atoms with Crippen LogP contribution in [0.2, 0.25) is 0 Å². The Bertz CT molecular complexity index is 402. The third-order valence-corrected chi connectivity index (χ3v) is 2.98. The van der Waals surface area contributed by atoms with E-state index in [9.17, 15) is 9.18 Å². The average Bonchev–Trinajstić information content (AvgIpc) is 2.38. The van der Waals surface area contributed by atoms with Gasteiger partial charge in [-0.1, -0.05) is 6.07 Å². The fraction of sp³-hybridized carbons (Fsp3) is 0.417. The highest BCUT2D eigenvalue weighted by Crippen LogP contribution is 2.17. The van der Waals surface area contributed by atoms with Crippen LogP contribution < -0.4 is 10.6 Å². The van der Waals surface area contributed by atoms with Crippen molar-refractivity contribution >= 4 is 11.6 Å². The Morgan fingerprint density at radius 3 is 2.59 bits per heavy atom. The van der Waals surface area contributed by atoms with E-state index >= 15 is 0 Å². The highest BCUT2D eigenvalue weighted by atomic mass is 19.1. The van der Waals surface area contributed by atoms with Gasteiger partial charge < -0.3 is 15.5 Å². The van der Waals surface area contributed by atoms with Crippen LogP contribution in [0.4, 0.5) is 10.1 Å². The molecule has 1 amide bonds. The van der Waals surface area contributed by atoms with Crippen molar-refractivity contribution < 1.29 is 9.18 Å². The van der Waals surface area contributed by atoms with Crippen LogP contribution in [0, 0.1) is 5.82 Å². The molecule has 0 saturated carbocycles. The van der Waals surface area contributed by atoms with Gasteiger partial charge in [0, 0.05) is 31.9 Å². The third-order valence-electron chi connectivity index (χ3n) is 2.98. The lowest BCUT2D eigenvalue weighted by Crippen LogP contribution is -2.50. The first-order valence-electron chi connectivity index (χ1n) is 5.69. The molecule has 17 heavy (non-hydrogen) atoms. The van der Waals surface area contributed by atoms with Gasteiger partial charge in [-0.25, -0.2) is 4.39 Å². The van der Waals surface area contributed by atoms with Crippen molar-refractivity contribution in [3.63, 3.8) is 0 Å². The van der Waals surface area contributed by atoms with Crippen LogP contribution in [0.3, 0.4) is 0 Å². The highest BCUT2D eigenvalue weighted by Gasteiger charge is 2.20. The quantitative estimate of drug-likeness (QED) is 0.811.